The summed E-state index contributed by atoms with van der Waals surface area (Å²) in [5.41, 5.74) is 4.05. The second kappa shape index (κ2) is 8.78. The fourth-order valence-electron chi connectivity index (χ4n) is 4.40. The molecule has 0 unspecified atom stereocenters. The van der Waals surface area contributed by atoms with Crippen LogP contribution >= 0.6 is 0 Å². The first-order valence-corrected chi connectivity index (χ1v) is 10.8. The molecule has 0 spiro atoms. The van der Waals surface area contributed by atoms with E-state index in [0.29, 0.717) is 19.7 Å². The van der Waals surface area contributed by atoms with Crippen LogP contribution in [0.1, 0.15) is 54.3 Å². The molecular weight excluding hydrogens is 378 g/mol. The molecule has 2 aromatic carbocycles. The number of rotatable bonds is 5. The van der Waals surface area contributed by atoms with Crippen LogP contribution in [0.4, 0.5) is 10.5 Å². The Morgan fingerprint density at radius 2 is 1.77 bits per heavy atom. The summed E-state index contributed by atoms with van der Waals surface area (Å²) in [7, 11) is 0. The van der Waals surface area contributed by atoms with Crippen LogP contribution in [-0.4, -0.2) is 47.5 Å². The van der Waals surface area contributed by atoms with Gasteiger partial charge in [-0.2, -0.15) is 0 Å². The standard InChI is InChI=1S/C24H29N3O3/c1-3-17-9-11-18(12-10-17)25-22-20-7-5-6-8-21(20)23(28)27(22)19-13-15-26(16-14-19)24(29)30-4-2/h5-12,19,22,25H,3-4,13-16H2,1-2H3/t22-/m1/s1. The van der Waals surface area contributed by atoms with Crippen molar-refractivity contribution in [2.24, 2.45) is 0 Å². The van der Waals surface area contributed by atoms with Crippen molar-refractivity contribution in [3.8, 4) is 0 Å². The Balaban J connectivity index is 1.55. The summed E-state index contributed by atoms with van der Waals surface area (Å²) in [4.78, 5) is 29.0. The van der Waals surface area contributed by atoms with Crippen LogP contribution in [0, 0.1) is 0 Å². The zero-order valence-corrected chi connectivity index (χ0v) is 17.6. The molecule has 1 saturated heterocycles. The van der Waals surface area contributed by atoms with Gasteiger partial charge in [-0.05, 0) is 49.9 Å². The topological polar surface area (TPSA) is 61.9 Å². The zero-order chi connectivity index (χ0) is 21.1. The van der Waals surface area contributed by atoms with E-state index in [1.165, 1.54) is 5.56 Å². The van der Waals surface area contributed by atoms with Crippen molar-refractivity contribution in [1.29, 1.82) is 0 Å². The number of carbonyl (C=O) groups excluding carboxylic acids is 2. The van der Waals surface area contributed by atoms with Crippen LogP contribution in [0.25, 0.3) is 0 Å². The van der Waals surface area contributed by atoms with Gasteiger partial charge in [0.25, 0.3) is 5.91 Å². The Bertz CT molecular complexity index is 904. The van der Waals surface area contributed by atoms with Crippen LogP contribution < -0.4 is 5.32 Å². The molecule has 0 saturated carbocycles. The maximum absolute atomic E-state index is 13.3. The molecular formula is C24H29N3O3. The van der Waals surface area contributed by atoms with Crippen molar-refractivity contribution < 1.29 is 14.3 Å². The molecule has 0 radical (unpaired) electrons. The van der Waals surface area contributed by atoms with Gasteiger partial charge < -0.3 is 19.9 Å². The van der Waals surface area contributed by atoms with Gasteiger partial charge in [0.05, 0.1) is 6.61 Å². The molecule has 1 fully saturated rings. The van der Waals surface area contributed by atoms with E-state index < -0.39 is 0 Å². The number of amides is 2. The lowest BCUT2D eigenvalue weighted by Gasteiger charge is -2.39. The van der Waals surface area contributed by atoms with Gasteiger partial charge >= 0.3 is 6.09 Å². The molecule has 4 rings (SSSR count). The van der Waals surface area contributed by atoms with Gasteiger partial charge in [0, 0.05) is 35.9 Å². The van der Waals surface area contributed by atoms with E-state index in [-0.39, 0.29) is 24.2 Å². The maximum atomic E-state index is 13.3. The van der Waals surface area contributed by atoms with Crippen LogP contribution in [0.5, 0.6) is 0 Å². The molecule has 30 heavy (non-hydrogen) atoms. The largest absolute Gasteiger partial charge is 0.450 e. The number of likely N-dealkylation sites (tertiary alicyclic amines) is 1. The number of benzene rings is 2. The molecule has 2 aromatic rings. The SMILES string of the molecule is CCOC(=O)N1CCC(N2C(=O)c3ccccc3[C@@H]2Nc2ccc(CC)cc2)CC1. The average molecular weight is 408 g/mol. The van der Waals surface area contributed by atoms with Gasteiger partial charge in [-0.25, -0.2) is 4.79 Å². The summed E-state index contributed by atoms with van der Waals surface area (Å²) in [5.74, 6) is 0.0582. The number of fused-ring (bicyclic) bond motifs is 1. The molecule has 1 atom stereocenters. The van der Waals surface area contributed by atoms with Gasteiger partial charge in [0.15, 0.2) is 0 Å². The van der Waals surface area contributed by atoms with E-state index in [1.807, 2.05) is 36.1 Å². The molecule has 2 heterocycles. The summed E-state index contributed by atoms with van der Waals surface area (Å²) in [6, 6.07) is 16.3. The third kappa shape index (κ3) is 3.86. The fraction of sp³-hybridized carbons (Fsp3) is 0.417. The van der Waals surface area contributed by atoms with Crippen LogP contribution in [0.15, 0.2) is 48.5 Å². The lowest BCUT2D eigenvalue weighted by atomic mass is 10.0. The highest BCUT2D eigenvalue weighted by Crippen LogP contribution is 2.38. The summed E-state index contributed by atoms with van der Waals surface area (Å²) < 4.78 is 5.13. The van der Waals surface area contributed by atoms with Crippen LogP contribution in [0.3, 0.4) is 0 Å². The second-order valence-corrected chi connectivity index (χ2v) is 7.81. The number of carbonyl (C=O) groups is 2. The molecule has 1 N–H and O–H groups in total. The van der Waals surface area contributed by atoms with Crippen molar-refractivity contribution in [3.05, 3.63) is 65.2 Å². The van der Waals surface area contributed by atoms with E-state index in [0.717, 1.165) is 36.1 Å². The first-order chi connectivity index (χ1) is 14.6. The highest BCUT2D eigenvalue weighted by molar-refractivity contribution is 5.99. The van der Waals surface area contributed by atoms with Gasteiger partial charge in [-0.3, -0.25) is 4.79 Å². The van der Waals surface area contributed by atoms with Crippen LogP contribution in [0.2, 0.25) is 0 Å². The van der Waals surface area contributed by atoms with Crippen molar-refractivity contribution in [1.82, 2.24) is 9.80 Å². The number of hydrogen-bond donors (Lipinski definition) is 1. The highest BCUT2D eigenvalue weighted by atomic mass is 16.6. The summed E-state index contributed by atoms with van der Waals surface area (Å²) >= 11 is 0. The molecule has 6 heteroatoms. The number of ether oxygens (including phenoxy) is 1. The minimum Gasteiger partial charge on any atom is -0.450 e. The Hall–Kier alpha value is -3.02. The van der Waals surface area contributed by atoms with Gasteiger partial charge in [-0.15, -0.1) is 0 Å². The quantitative estimate of drug-likeness (QED) is 0.796. The maximum Gasteiger partial charge on any atom is 0.409 e. The Morgan fingerprint density at radius 1 is 1.07 bits per heavy atom. The number of anilines is 1. The predicted molar refractivity (Wildman–Crippen MR) is 116 cm³/mol. The molecule has 2 aliphatic heterocycles. The molecule has 158 valence electrons. The zero-order valence-electron chi connectivity index (χ0n) is 17.6. The summed E-state index contributed by atoms with van der Waals surface area (Å²) in [5, 5.41) is 3.58. The molecule has 2 aliphatic rings. The Morgan fingerprint density at radius 3 is 2.43 bits per heavy atom. The number of hydrogen-bond acceptors (Lipinski definition) is 4. The molecule has 0 aliphatic carbocycles. The van der Waals surface area contributed by atoms with Gasteiger partial charge in [-0.1, -0.05) is 37.3 Å². The van der Waals surface area contributed by atoms with E-state index in [9.17, 15) is 9.59 Å². The van der Waals surface area contributed by atoms with E-state index in [1.54, 1.807) is 4.90 Å². The smallest absolute Gasteiger partial charge is 0.409 e. The lowest BCUT2D eigenvalue weighted by Crippen LogP contribution is -2.49. The third-order valence-corrected chi connectivity index (χ3v) is 6.05. The lowest BCUT2D eigenvalue weighted by molar-refractivity contribution is 0.0496. The monoisotopic (exact) mass is 407 g/mol. The Kier molecular flexibility index (Phi) is 5.93. The average Bonchev–Trinajstić information content (AvgIpc) is 3.06. The van der Waals surface area contributed by atoms with Gasteiger partial charge in [0.1, 0.15) is 6.17 Å². The Labute approximate surface area is 177 Å². The first kappa shape index (κ1) is 20.3. The molecule has 6 nitrogen and oxygen atoms in total. The van der Waals surface area contributed by atoms with E-state index in [2.05, 4.69) is 36.5 Å². The van der Waals surface area contributed by atoms with E-state index >= 15 is 0 Å². The number of piperidine rings is 1. The predicted octanol–water partition coefficient (Wildman–Crippen LogP) is 4.44. The first-order valence-electron chi connectivity index (χ1n) is 10.8. The molecule has 2 amide bonds. The van der Waals surface area contributed by atoms with Gasteiger partial charge in [0.2, 0.25) is 0 Å². The number of nitrogens with one attached hydrogen (secondary N) is 1. The normalized spacial score (nSPS) is 19.0. The van der Waals surface area contributed by atoms with Crippen molar-refractivity contribution in [3.63, 3.8) is 0 Å². The fourth-order valence-corrected chi connectivity index (χ4v) is 4.40. The van der Waals surface area contributed by atoms with Crippen molar-refractivity contribution in [2.45, 2.75) is 45.3 Å². The van der Waals surface area contributed by atoms with Crippen molar-refractivity contribution in [2.75, 3.05) is 25.0 Å². The number of aryl methyl sites for hydroxylation is 1. The summed E-state index contributed by atoms with van der Waals surface area (Å²) in [6.45, 7) is 5.53. The second-order valence-electron chi connectivity index (χ2n) is 7.81. The van der Waals surface area contributed by atoms with Crippen LogP contribution in [-0.2, 0) is 11.2 Å². The molecule has 0 aromatic heterocycles. The van der Waals surface area contributed by atoms with Crippen molar-refractivity contribution >= 4 is 17.7 Å². The molecule has 0 bridgehead atoms. The summed E-state index contributed by atoms with van der Waals surface area (Å²) in [6.07, 6.45) is 2.01. The minimum atomic E-state index is -0.266. The third-order valence-electron chi connectivity index (χ3n) is 6.05. The van der Waals surface area contributed by atoms with E-state index in [4.69, 9.17) is 4.74 Å². The highest BCUT2D eigenvalue weighted by Gasteiger charge is 2.42. The minimum absolute atomic E-state index is 0.0582. The number of nitrogens with zero attached hydrogens (tertiary/aromatic N) is 2.